The molecule has 0 unspecified atom stereocenters. The Balaban J connectivity index is 1.58. The smallest absolute Gasteiger partial charge is 0.387 e. The summed E-state index contributed by atoms with van der Waals surface area (Å²) in [6, 6.07) is 4.51. The first-order chi connectivity index (χ1) is 13.4. The standard InChI is InChI=1S/C18H21ClF2N4O2S/c1-11-23-24-18(25(11)13-5-3-2-4-6-13)28-10-16(26)22-12-7-8-15(14(19)9-12)27-17(20)21/h7-9,13,17H,2-6,10H2,1H3,(H,22,26). The summed E-state index contributed by atoms with van der Waals surface area (Å²) in [4.78, 5) is 12.3. The average molecular weight is 431 g/mol. The molecule has 152 valence electrons. The lowest BCUT2D eigenvalue weighted by Crippen LogP contribution is -2.17. The van der Waals surface area contributed by atoms with Crippen LogP contribution in [0.4, 0.5) is 14.5 Å². The zero-order chi connectivity index (χ0) is 20.1. The minimum atomic E-state index is -2.96. The maximum atomic E-state index is 12.3. The lowest BCUT2D eigenvalue weighted by atomic mass is 9.95. The van der Waals surface area contributed by atoms with E-state index in [0.717, 1.165) is 23.8 Å². The molecule has 1 heterocycles. The molecule has 10 heteroatoms. The number of benzene rings is 1. The van der Waals surface area contributed by atoms with Crippen molar-refractivity contribution in [3.63, 3.8) is 0 Å². The molecule has 6 nitrogen and oxygen atoms in total. The fraction of sp³-hybridized carbons (Fsp3) is 0.500. The third kappa shape index (κ3) is 5.35. The van der Waals surface area contributed by atoms with Gasteiger partial charge in [-0.25, -0.2) is 0 Å². The number of aryl methyl sites for hydroxylation is 1. The van der Waals surface area contributed by atoms with E-state index in [0.29, 0.717) is 11.7 Å². The minimum Gasteiger partial charge on any atom is -0.433 e. The number of aromatic nitrogens is 3. The monoisotopic (exact) mass is 430 g/mol. The number of carbonyl (C=O) groups excluding carboxylic acids is 1. The van der Waals surface area contributed by atoms with Gasteiger partial charge in [0.15, 0.2) is 5.16 Å². The van der Waals surface area contributed by atoms with Crippen molar-refractivity contribution in [1.82, 2.24) is 14.8 Å². The molecule has 3 rings (SSSR count). The van der Waals surface area contributed by atoms with Crippen LogP contribution in [0.15, 0.2) is 23.4 Å². The van der Waals surface area contributed by atoms with E-state index in [1.165, 1.54) is 49.2 Å². The summed E-state index contributed by atoms with van der Waals surface area (Å²) in [5.74, 6) is 0.619. The number of carbonyl (C=O) groups is 1. The normalized spacial score (nSPS) is 15.0. The molecule has 0 bridgehead atoms. The summed E-state index contributed by atoms with van der Waals surface area (Å²) < 4.78 is 31.0. The van der Waals surface area contributed by atoms with Crippen LogP contribution in [-0.4, -0.2) is 33.0 Å². The van der Waals surface area contributed by atoms with Crippen LogP contribution in [0.1, 0.15) is 44.0 Å². The number of anilines is 1. The number of halogens is 3. The number of thioether (sulfide) groups is 1. The molecule has 0 spiro atoms. The van der Waals surface area contributed by atoms with E-state index in [1.807, 2.05) is 6.92 Å². The van der Waals surface area contributed by atoms with Crippen molar-refractivity contribution in [2.75, 3.05) is 11.1 Å². The van der Waals surface area contributed by atoms with Crippen LogP contribution in [0, 0.1) is 6.92 Å². The third-order valence-corrected chi connectivity index (χ3v) is 5.78. The molecular weight excluding hydrogens is 410 g/mol. The van der Waals surface area contributed by atoms with Gasteiger partial charge in [-0.2, -0.15) is 8.78 Å². The van der Waals surface area contributed by atoms with Crippen molar-refractivity contribution in [3.05, 3.63) is 29.0 Å². The van der Waals surface area contributed by atoms with Gasteiger partial charge in [-0.1, -0.05) is 42.6 Å². The Morgan fingerprint density at radius 1 is 1.36 bits per heavy atom. The molecule has 28 heavy (non-hydrogen) atoms. The topological polar surface area (TPSA) is 69.0 Å². The Morgan fingerprint density at radius 3 is 2.79 bits per heavy atom. The summed E-state index contributed by atoms with van der Waals surface area (Å²) in [5.41, 5.74) is 0.405. The van der Waals surface area contributed by atoms with Gasteiger partial charge in [-0.3, -0.25) is 4.79 Å². The quantitative estimate of drug-likeness (QED) is 0.620. The largest absolute Gasteiger partial charge is 0.433 e. The summed E-state index contributed by atoms with van der Waals surface area (Å²) in [7, 11) is 0. The fourth-order valence-corrected chi connectivity index (χ4v) is 4.38. The van der Waals surface area contributed by atoms with E-state index < -0.39 is 6.61 Å². The van der Waals surface area contributed by atoms with Crippen LogP contribution in [0.25, 0.3) is 0 Å². The molecular formula is C18H21ClF2N4O2S. The minimum absolute atomic E-state index is 0.00146. The molecule has 1 saturated carbocycles. The van der Waals surface area contributed by atoms with Crippen LogP contribution in [0.3, 0.4) is 0 Å². The molecule has 1 N–H and O–H groups in total. The number of ether oxygens (including phenoxy) is 1. The van der Waals surface area contributed by atoms with Crippen LogP contribution < -0.4 is 10.1 Å². The Morgan fingerprint density at radius 2 is 2.11 bits per heavy atom. The highest BCUT2D eigenvalue weighted by Crippen LogP contribution is 2.33. The van der Waals surface area contributed by atoms with E-state index >= 15 is 0 Å². The second kappa shape index (κ2) is 9.56. The number of amides is 1. The summed E-state index contributed by atoms with van der Waals surface area (Å²) >= 11 is 7.23. The highest BCUT2D eigenvalue weighted by atomic mass is 35.5. The van der Waals surface area contributed by atoms with Crippen LogP contribution >= 0.6 is 23.4 Å². The summed E-state index contributed by atoms with van der Waals surface area (Å²) in [5, 5.41) is 11.8. The van der Waals surface area contributed by atoms with Gasteiger partial charge in [-0.05, 0) is 38.0 Å². The maximum absolute atomic E-state index is 12.3. The van der Waals surface area contributed by atoms with Gasteiger partial charge >= 0.3 is 6.61 Å². The van der Waals surface area contributed by atoms with Crippen LogP contribution in [0.5, 0.6) is 5.75 Å². The average Bonchev–Trinajstić information content (AvgIpc) is 3.03. The summed E-state index contributed by atoms with van der Waals surface area (Å²) in [6.07, 6.45) is 5.85. The van der Waals surface area contributed by atoms with E-state index in [2.05, 4.69) is 24.8 Å². The molecule has 1 aliphatic carbocycles. The number of hydrogen-bond donors (Lipinski definition) is 1. The van der Waals surface area contributed by atoms with Gasteiger partial charge < -0.3 is 14.6 Å². The molecule has 0 atom stereocenters. The van der Waals surface area contributed by atoms with Crippen molar-refractivity contribution >= 4 is 35.0 Å². The number of hydrogen-bond acceptors (Lipinski definition) is 5. The molecule has 1 aromatic heterocycles. The number of nitrogens with one attached hydrogen (secondary N) is 1. The Hall–Kier alpha value is -1.87. The van der Waals surface area contributed by atoms with E-state index in [4.69, 9.17) is 11.6 Å². The molecule has 1 aromatic carbocycles. The van der Waals surface area contributed by atoms with Crippen LogP contribution in [-0.2, 0) is 4.79 Å². The third-order valence-electron chi connectivity index (χ3n) is 4.54. The zero-order valence-corrected chi connectivity index (χ0v) is 16.9. The first-order valence-electron chi connectivity index (χ1n) is 9.02. The van der Waals surface area contributed by atoms with E-state index in [-0.39, 0.29) is 22.4 Å². The van der Waals surface area contributed by atoms with Gasteiger partial charge in [-0.15, -0.1) is 10.2 Å². The second-order valence-corrected chi connectivity index (χ2v) is 7.90. The highest BCUT2D eigenvalue weighted by Gasteiger charge is 2.22. The molecule has 1 aliphatic rings. The maximum Gasteiger partial charge on any atom is 0.387 e. The molecule has 1 fully saturated rings. The Bertz CT molecular complexity index is 828. The number of nitrogens with zero attached hydrogens (tertiary/aromatic N) is 3. The highest BCUT2D eigenvalue weighted by molar-refractivity contribution is 7.99. The van der Waals surface area contributed by atoms with Crippen molar-refractivity contribution in [1.29, 1.82) is 0 Å². The predicted octanol–water partition coefficient (Wildman–Crippen LogP) is 5.08. The fourth-order valence-electron chi connectivity index (χ4n) is 3.31. The second-order valence-electron chi connectivity index (χ2n) is 6.55. The van der Waals surface area contributed by atoms with Crippen molar-refractivity contribution in [2.24, 2.45) is 0 Å². The van der Waals surface area contributed by atoms with Gasteiger partial charge in [0.05, 0.1) is 10.8 Å². The summed E-state index contributed by atoms with van der Waals surface area (Å²) in [6.45, 7) is -1.03. The van der Waals surface area contributed by atoms with Gasteiger partial charge in [0.25, 0.3) is 0 Å². The van der Waals surface area contributed by atoms with E-state index in [1.54, 1.807) is 0 Å². The molecule has 0 saturated heterocycles. The van der Waals surface area contributed by atoms with Crippen molar-refractivity contribution in [3.8, 4) is 5.75 Å². The first-order valence-corrected chi connectivity index (χ1v) is 10.4. The van der Waals surface area contributed by atoms with Crippen LogP contribution in [0.2, 0.25) is 5.02 Å². The van der Waals surface area contributed by atoms with Gasteiger partial charge in [0, 0.05) is 11.7 Å². The molecule has 1 amide bonds. The van der Waals surface area contributed by atoms with Crippen molar-refractivity contribution < 1.29 is 18.3 Å². The molecule has 2 aromatic rings. The lowest BCUT2D eigenvalue weighted by molar-refractivity contribution is -0.113. The lowest BCUT2D eigenvalue weighted by Gasteiger charge is -2.24. The van der Waals surface area contributed by atoms with E-state index in [9.17, 15) is 13.6 Å². The number of alkyl halides is 2. The predicted molar refractivity (Wildman–Crippen MR) is 104 cm³/mol. The SMILES string of the molecule is Cc1nnc(SCC(=O)Nc2ccc(OC(F)F)c(Cl)c2)n1C1CCCCC1. The number of rotatable bonds is 7. The zero-order valence-electron chi connectivity index (χ0n) is 15.3. The van der Waals surface area contributed by atoms with Gasteiger partial charge in [0.2, 0.25) is 5.91 Å². The Labute approximate surface area is 171 Å². The molecule has 0 aliphatic heterocycles. The first kappa shape index (κ1) is 20.9. The van der Waals surface area contributed by atoms with Gasteiger partial charge in [0.1, 0.15) is 11.6 Å². The molecule has 0 radical (unpaired) electrons. The van der Waals surface area contributed by atoms with Crippen molar-refractivity contribution in [2.45, 2.75) is 56.8 Å². The Kier molecular flexibility index (Phi) is 7.12.